The molecular formula is C9H14N2O3. The molecule has 14 heavy (non-hydrogen) atoms. The van der Waals surface area contributed by atoms with E-state index >= 15 is 0 Å². The van der Waals surface area contributed by atoms with Gasteiger partial charge in [-0.05, 0) is 20.8 Å². The molecule has 0 amide bonds. The molecule has 0 spiro atoms. The van der Waals surface area contributed by atoms with Gasteiger partial charge in [-0.3, -0.25) is 10.1 Å². The average molecular weight is 198 g/mol. The van der Waals surface area contributed by atoms with Crippen LogP contribution in [-0.2, 0) is 0 Å². The molecule has 78 valence electrons. The summed E-state index contributed by atoms with van der Waals surface area (Å²) in [7, 11) is 1.84. The van der Waals surface area contributed by atoms with Crippen molar-refractivity contribution in [3.63, 3.8) is 0 Å². The average Bonchev–Trinajstić information content (AvgIpc) is 2.48. The van der Waals surface area contributed by atoms with Crippen molar-refractivity contribution < 1.29 is 9.34 Å². The molecule has 0 saturated carbocycles. The van der Waals surface area contributed by atoms with Crippen LogP contribution >= 0.6 is 0 Å². The van der Waals surface area contributed by atoms with E-state index in [9.17, 15) is 10.1 Å². The SMILES string of the molecule is CN(c1ccc([N+](=O)[O-])o1)C(C)(C)C. The second kappa shape index (κ2) is 3.32. The fourth-order valence-corrected chi connectivity index (χ4v) is 0.927. The summed E-state index contributed by atoms with van der Waals surface area (Å²) in [6, 6.07) is 2.96. The minimum absolute atomic E-state index is 0.119. The number of hydrogen-bond donors (Lipinski definition) is 0. The first kappa shape index (κ1) is 10.6. The Morgan fingerprint density at radius 1 is 1.43 bits per heavy atom. The van der Waals surface area contributed by atoms with Crippen LogP contribution in [0.4, 0.5) is 11.8 Å². The highest BCUT2D eigenvalue weighted by Crippen LogP contribution is 2.27. The van der Waals surface area contributed by atoms with Crippen molar-refractivity contribution in [2.45, 2.75) is 26.3 Å². The zero-order chi connectivity index (χ0) is 10.9. The van der Waals surface area contributed by atoms with Crippen LogP contribution in [0.5, 0.6) is 0 Å². The lowest BCUT2D eigenvalue weighted by atomic mass is 10.1. The second-order valence-corrected chi connectivity index (χ2v) is 4.10. The van der Waals surface area contributed by atoms with Gasteiger partial charge in [-0.15, -0.1) is 0 Å². The van der Waals surface area contributed by atoms with E-state index in [4.69, 9.17) is 4.42 Å². The van der Waals surface area contributed by atoms with Crippen LogP contribution in [0.2, 0.25) is 0 Å². The van der Waals surface area contributed by atoms with Crippen LogP contribution < -0.4 is 4.90 Å². The van der Waals surface area contributed by atoms with E-state index in [1.807, 2.05) is 32.7 Å². The molecule has 5 nitrogen and oxygen atoms in total. The molecular weight excluding hydrogens is 184 g/mol. The molecule has 0 radical (unpaired) electrons. The van der Waals surface area contributed by atoms with Gasteiger partial charge in [0.2, 0.25) is 5.88 Å². The van der Waals surface area contributed by atoms with Crippen molar-refractivity contribution in [1.82, 2.24) is 0 Å². The van der Waals surface area contributed by atoms with Gasteiger partial charge in [0.1, 0.15) is 4.92 Å². The molecule has 0 atom stereocenters. The molecule has 1 aromatic heterocycles. The monoisotopic (exact) mass is 198 g/mol. The topological polar surface area (TPSA) is 59.5 Å². The van der Waals surface area contributed by atoms with Crippen molar-refractivity contribution in [2.24, 2.45) is 0 Å². The molecule has 0 aromatic carbocycles. The van der Waals surface area contributed by atoms with Gasteiger partial charge >= 0.3 is 5.88 Å². The maximum absolute atomic E-state index is 10.4. The van der Waals surface area contributed by atoms with Crippen LogP contribution in [0.3, 0.4) is 0 Å². The maximum atomic E-state index is 10.4. The first-order valence-corrected chi connectivity index (χ1v) is 4.30. The zero-order valence-corrected chi connectivity index (χ0v) is 8.77. The van der Waals surface area contributed by atoms with E-state index in [0.717, 1.165) is 0 Å². The highest BCUT2D eigenvalue weighted by atomic mass is 16.6. The summed E-state index contributed by atoms with van der Waals surface area (Å²) in [5.41, 5.74) is -0.119. The lowest BCUT2D eigenvalue weighted by molar-refractivity contribution is -0.401. The number of hydrogen-bond acceptors (Lipinski definition) is 4. The summed E-state index contributed by atoms with van der Waals surface area (Å²) in [5, 5.41) is 10.4. The molecule has 0 aliphatic rings. The Morgan fingerprint density at radius 2 is 2.00 bits per heavy atom. The Bertz CT molecular complexity index is 338. The van der Waals surface area contributed by atoms with Crippen LogP contribution in [0.15, 0.2) is 16.5 Å². The quantitative estimate of drug-likeness (QED) is 0.541. The Morgan fingerprint density at radius 3 is 2.36 bits per heavy atom. The largest absolute Gasteiger partial charge is 0.434 e. The van der Waals surface area contributed by atoms with Crippen molar-refractivity contribution in [3.8, 4) is 0 Å². The van der Waals surface area contributed by atoms with Gasteiger partial charge in [-0.2, -0.15) is 0 Å². The minimum Gasteiger partial charge on any atom is -0.384 e. The van der Waals surface area contributed by atoms with Crippen LogP contribution in [0, 0.1) is 10.1 Å². The maximum Gasteiger partial charge on any atom is 0.434 e. The van der Waals surface area contributed by atoms with Gasteiger partial charge in [0.25, 0.3) is 0 Å². The van der Waals surface area contributed by atoms with Crippen molar-refractivity contribution in [2.75, 3.05) is 11.9 Å². The molecule has 5 heteroatoms. The normalized spacial score (nSPS) is 11.4. The number of nitro groups is 1. The van der Waals surface area contributed by atoms with Crippen molar-refractivity contribution in [3.05, 3.63) is 22.2 Å². The van der Waals surface area contributed by atoms with Crippen LogP contribution in [-0.4, -0.2) is 17.5 Å². The molecule has 1 heterocycles. The lowest BCUT2D eigenvalue weighted by Gasteiger charge is -2.31. The van der Waals surface area contributed by atoms with E-state index < -0.39 is 4.92 Å². The summed E-state index contributed by atoms with van der Waals surface area (Å²) in [4.78, 5) is 11.7. The number of anilines is 1. The molecule has 0 bridgehead atoms. The third kappa shape index (κ3) is 2.04. The molecule has 0 fully saturated rings. The number of rotatable bonds is 2. The van der Waals surface area contributed by atoms with Gasteiger partial charge in [0.05, 0.1) is 6.07 Å². The Labute approximate surface area is 82.5 Å². The molecule has 1 aromatic rings. The Kier molecular flexibility index (Phi) is 2.51. The van der Waals surface area contributed by atoms with E-state index in [0.29, 0.717) is 5.88 Å². The first-order valence-electron chi connectivity index (χ1n) is 4.30. The van der Waals surface area contributed by atoms with Crippen molar-refractivity contribution >= 4 is 11.8 Å². The molecule has 0 unspecified atom stereocenters. The fraction of sp³-hybridized carbons (Fsp3) is 0.556. The van der Waals surface area contributed by atoms with Gasteiger partial charge in [-0.25, -0.2) is 0 Å². The van der Waals surface area contributed by atoms with Crippen molar-refractivity contribution in [1.29, 1.82) is 0 Å². The third-order valence-electron chi connectivity index (χ3n) is 2.09. The summed E-state index contributed by atoms with van der Waals surface area (Å²) in [6.07, 6.45) is 0. The summed E-state index contributed by atoms with van der Waals surface area (Å²) in [5.74, 6) is 0.278. The number of nitrogens with zero attached hydrogens (tertiary/aromatic N) is 2. The minimum atomic E-state index is -0.542. The van der Waals surface area contributed by atoms with Gasteiger partial charge in [0, 0.05) is 18.7 Å². The smallest absolute Gasteiger partial charge is 0.384 e. The molecule has 0 aliphatic carbocycles. The standard InChI is InChI=1S/C9H14N2O3/c1-9(2,3)10(4)7-5-6-8(14-7)11(12)13/h5-6H,1-4H3. The van der Waals surface area contributed by atoms with E-state index in [1.54, 1.807) is 6.07 Å². The van der Waals surface area contributed by atoms with Crippen LogP contribution in [0.25, 0.3) is 0 Å². The summed E-state index contributed by atoms with van der Waals surface area (Å²) < 4.78 is 5.06. The lowest BCUT2D eigenvalue weighted by Crippen LogP contribution is -2.37. The van der Waals surface area contributed by atoms with Gasteiger partial charge in [-0.1, -0.05) is 0 Å². The highest BCUT2D eigenvalue weighted by Gasteiger charge is 2.22. The molecule has 0 aliphatic heterocycles. The van der Waals surface area contributed by atoms with Gasteiger partial charge < -0.3 is 9.32 Å². The van der Waals surface area contributed by atoms with E-state index in [-0.39, 0.29) is 11.4 Å². The van der Waals surface area contributed by atoms with Crippen LogP contribution in [0.1, 0.15) is 20.8 Å². The predicted octanol–water partition coefficient (Wildman–Crippen LogP) is 2.42. The molecule has 0 N–H and O–H groups in total. The second-order valence-electron chi connectivity index (χ2n) is 4.10. The van der Waals surface area contributed by atoms with E-state index in [1.165, 1.54) is 6.07 Å². The first-order chi connectivity index (χ1) is 6.32. The highest BCUT2D eigenvalue weighted by molar-refractivity contribution is 5.41. The fourth-order valence-electron chi connectivity index (χ4n) is 0.927. The molecule has 0 saturated heterocycles. The third-order valence-corrected chi connectivity index (χ3v) is 2.09. The predicted molar refractivity (Wildman–Crippen MR) is 53.5 cm³/mol. The summed E-state index contributed by atoms with van der Waals surface area (Å²) >= 11 is 0. The zero-order valence-electron chi connectivity index (χ0n) is 8.77. The Hall–Kier alpha value is -1.52. The molecule has 1 rings (SSSR count). The summed E-state index contributed by atoms with van der Waals surface area (Å²) in [6.45, 7) is 6.00. The van der Waals surface area contributed by atoms with E-state index in [2.05, 4.69) is 0 Å². The van der Waals surface area contributed by atoms with Gasteiger partial charge in [0.15, 0.2) is 0 Å². The Balaban J connectivity index is 2.92. The number of furan rings is 1.